The smallest absolute Gasteiger partial charge is 0.0596 e. The van der Waals surface area contributed by atoms with Gasteiger partial charge in [-0.2, -0.15) is 0 Å². The molecule has 0 bridgehead atoms. The first-order chi connectivity index (χ1) is 8.18. The SMILES string of the molecule is CC(C)OCCN(C)CCNCC1CCCC1. The Morgan fingerprint density at radius 2 is 1.94 bits per heavy atom. The van der Waals surface area contributed by atoms with Gasteiger partial charge < -0.3 is 15.0 Å². The van der Waals surface area contributed by atoms with Gasteiger partial charge in [-0.15, -0.1) is 0 Å². The van der Waals surface area contributed by atoms with Crippen molar-refractivity contribution in [2.24, 2.45) is 5.92 Å². The van der Waals surface area contributed by atoms with Crippen LogP contribution < -0.4 is 5.32 Å². The van der Waals surface area contributed by atoms with Gasteiger partial charge in [0.1, 0.15) is 0 Å². The molecule has 3 heteroatoms. The van der Waals surface area contributed by atoms with E-state index in [4.69, 9.17) is 4.74 Å². The summed E-state index contributed by atoms with van der Waals surface area (Å²) >= 11 is 0. The zero-order chi connectivity index (χ0) is 12.5. The molecule has 0 radical (unpaired) electrons. The number of nitrogens with one attached hydrogen (secondary N) is 1. The van der Waals surface area contributed by atoms with Gasteiger partial charge in [0.15, 0.2) is 0 Å². The van der Waals surface area contributed by atoms with Crippen molar-refractivity contribution in [3.63, 3.8) is 0 Å². The van der Waals surface area contributed by atoms with Crippen molar-refractivity contribution in [2.75, 3.05) is 39.8 Å². The molecule has 1 saturated carbocycles. The van der Waals surface area contributed by atoms with E-state index in [2.05, 4.69) is 31.1 Å². The molecular formula is C14H30N2O. The minimum atomic E-state index is 0.351. The standard InChI is InChI=1S/C14H30N2O/c1-13(2)17-11-10-16(3)9-8-15-12-14-6-4-5-7-14/h13-15H,4-12H2,1-3H3. The molecule has 0 saturated heterocycles. The number of hydrogen-bond donors (Lipinski definition) is 1. The van der Waals surface area contributed by atoms with Crippen LogP contribution in [-0.4, -0.2) is 50.8 Å². The molecule has 0 aromatic rings. The summed E-state index contributed by atoms with van der Waals surface area (Å²) in [5.74, 6) is 0.949. The Hall–Kier alpha value is -0.120. The van der Waals surface area contributed by atoms with Crippen molar-refractivity contribution < 1.29 is 4.74 Å². The van der Waals surface area contributed by atoms with Crippen molar-refractivity contribution in [3.8, 4) is 0 Å². The molecule has 0 aliphatic heterocycles. The Morgan fingerprint density at radius 3 is 2.59 bits per heavy atom. The van der Waals surface area contributed by atoms with Gasteiger partial charge in [-0.1, -0.05) is 12.8 Å². The van der Waals surface area contributed by atoms with Crippen molar-refractivity contribution in [2.45, 2.75) is 45.6 Å². The average Bonchev–Trinajstić information content (AvgIpc) is 2.76. The number of hydrogen-bond acceptors (Lipinski definition) is 3. The van der Waals surface area contributed by atoms with Gasteiger partial charge in [0.2, 0.25) is 0 Å². The molecule has 3 nitrogen and oxygen atoms in total. The van der Waals surface area contributed by atoms with Gasteiger partial charge in [0.25, 0.3) is 0 Å². The Bertz CT molecular complexity index is 179. The van der Waals surface area contributed by atoms with Crippen LogP contribution in [-0.2, 0) is 4.74 Å². The van der Waals surface area contributed by atoms with Crippen LogP contribution in [0, 0.1) is 5.92 Å². The molecule has 0 aromatic heterocycles. The summed E-state index contributed by atoms with van der Waals surface area (Å²) in [4.78, 5) is 2.34. The number of rotatable bonds is 9. The van der Waals surface area contributed by atoms with Crippen molar-refractivity contribution in [1.82, 2.24) is 10.2 Å². The van der Waals surface area contributed by atoms with Crippen LogP contribution in [0.3, 0.4) is 0 Å². The van der Waals surface area contributed by atoms with Gasteiger partial charge in [0.05, 0.1) is 12.7 Å². The summed E-state index contributed by atoms with van der Waals surface area (Å²) in [6, 6.07) is 0. The number of likely N-dealkylation sites (N-methyl/N-ethyl adjacent to an activating group) is 1. The minimum absolute atomic E-state index is 0.351. The van der Waals surface area contributed by atoms with E-state index in [0.29, 0.717) is 6.10 Å². The van der Waals surface area contributed by atoms with Crippen LogP contribution in [0.5, 0.6) is 0 Å². The zero-order valence-corrected chi connectivity index (χ0v) is 11.9. The maximum Gasteiger partial charge on any atom is 0.0596 e. The fourth-order valence-corrected chi connectivity index (χ4v) is 2.35. The second-order valence-electron chi connectivity index (χ2n) is 5.58. The topological polar surface area (TPSA) is 24.5 Å². The largest absolute Gasteiger partial charge is 0.377 e. The highest BCUT2D eigenvalue weighted by molar-refractivity contribution is 4.69. The van der Waals surface area contributed by atoms with Gasteiger partial charge in [0, 0.05) is 19.6 Å². The highest BCUT2D eigenvalue weighted by Crippen LogP contribution is 2.23. The quantitative estimate of drug-likeness (QED) is 0.627. The number of nitrogens with zero attached hydrogens (tertiary/aromatic N) is 1. The number of ether oxygens (including phenoxy) is 1. The third-order valence-electron chi connectivity index (χ3n) is 3.50. The Morgan fingerprint density at radius 1 is 1.24 bits per heavy atom. The van der Waals surface area contributed by atoms with Gasteiger partial charge >= 0.3 is 0 Å². The highest BCUT2D eigenvalue weighted by Gasteiger charge is 2.13. The molecule has 1 N–H and O–H groups in total. The predicted octanol–water partition coefficient (Wildman–Crippen LogP) is 2.12. The molecular weight excluding hydrogens is 212 g/mol. The Balaban J connectivity index is 1.87. The highest BCUT2D eigenvalue weighted by atomic mass is 16.5. The molecule has 1 fully saturated rings. The average molecular weight is 242 g/mol. The minimum Gasteiger partial charge on any atom is -0.377 e. The lowest BCUT2D eigenvalue weighted by Crippen LogP contribution is -2.33. The fraction of sp³-hybridized carbons (Fsp3) is 1.00. The van der Waals surface area contributed by atoms with Crippen LogP contribution in [0.4, 0.5) is 0 Å². The first-order valence-electron chi connectivity index (χ1n) is 7.19. The second kappa shape index (κ2) is 8.90. The van der Waals surface area contributed by atoms with E-state index in [0.717, 1.165) is 32.2 Å². The maximum atomic E-state index is 5.54. The van der Waals surface area contributed by atoms with Crippen LogP contribution in [0.1, 0.15) is 39.5 Å². The first-order valence-corrected chi connectivity index (χ1v) is 7.19. The first kappa shape index (κ1) is 14.9. The molecule has 0 unspecified atom stereocenters. The summed E-state index contributed by atoms with van der Waals surface area (Å²) in [7, 11) is 2.17. The lowest BCUT2D eigenvalue weighted by atomic mass is 10.1. The van der Waals surface area contributed by atoms with E-state index < -0.39 is 0 Å². The molecule has 0 aromatic carbocycles. The third kappa shape index (κ3) is 7.74. The van der Waals surface area contributed by atoms with E-state index in [1.54, 1.807) is 0 Å². The Labute approximate surface area is 107 Å². The van der Waals surface area contributed by atoms with E-state index in [9.17, 15) is 0 Å². The molecule has 1 rings (SSSR count). The zero-order valence-electron chi connectivity index (χ0n) is 11.9. The van der Waals surface area contributed by atoms with Crippen LogP contribution in [0.25, 0.3) is 0 Å². The summed E-state index contributed by atoms with van der Waals surface area (Å²) < 4.78 is 5.54. The predicted molar refractivity (Wildman–Crippen MR) is 73.4 cm³/mol. The molecule has 0 amide bonds. The molecule has 1 aliphatic carbocycles. The van der Waals surface area contributed by atoms with E-state index in [-0.39, 0.29) is 0 Å². The van der Waals surface area contributed by atoms with Crippen LogP contribution in [0.15, 0.2) is 0 Å². The van der Waals surface area contributed by atoms with E-state index >= 15 is 0 Å². The van der Waals surface area contributed by atoms with Gasteiger partial charge in [-0.25, -0.2) is 0 Å². The monoisotopic (exact) mass is 242 g/mol. The summed E-state index contributed by atoms with van der Waals surface area (Å²) in [5, 5.41) is 3.57. The van der Waals surface area contributed by atoms with Crippen LogP contribution in [0.2, 0.25) is 0 Å². The summed E-state index contributed by atoms with van der Waals surface area (Å²) in [5.41, 5.74) is 0. The van der Waals surface area contributed by atoms with Gasteiger partial charge in [-0.3, -0.25) is 0 Å². The van der Waals surface area contributed by atoms with Crippen molar-refractivity contribution >= 4 is 0 Å². The molecule has 1 aliphatic rings. The fourth-order valence-electron chi connectivity index (χ4n) is 2.35. The third-order valence-corrected chi connectivity index (χ3v) is 3.50. The Kier molecular flexibility index (Phi) is 7.82. The van der Waals surface area contributed by atoms with Crippen LogP contribution >= 0.6 is 0 Å². The van der Waals surface area contributed by atoms with E-state index in [1.807, 2.05) is 0 Å². The second-order valence-corrected chi connectivity index (χ2v) is 5.58. The van der Waals surface area contributed by atoms with E-state index in [1.165, 1.54) is 32.2 Å². The molecule has 0 spiro atoms. The maximum absolute atomic E-state index is 5.54. The summed E-state index contributed by atoms with van der Waals surface area (Å²) in [6.07, 6.45) is 6.11. The molecule has 0 heterocycles. The molecule has 102 valence electrons. The summed E-state index contributed by atoms with van der Waals surface area (Å²) in [6.45, 7) is 9.49. The lowest BCUT2D eigenvalue weighted by molar-refractivity contribution is 0.0640. The normalized spacial score (nSPS) is 17.5. The van der Waals surface area contributed by atoms with Crippen molar-refractivity contribution in [1.29, 1.82) is 0 Å². The van der Waals surface area contributed by atoms with Gasteiger partial charge in [-0.05, 0) is 46.2 Å². The lowest BCUT2D eigenvalue weighted by Gasteiger charge is -2.18. The molecule has 17 heavy (non-hydrogen) atoms. The van der Waals surface area contributed by atoms with Crippen molar-refractivity contribution in [3.05, 3.63) is 0 Å². The molecule has 0 atom stereocenters.